The second-order valence-electron chi connectivity index (χ2n) is 11.2. The first-order valence-corrected chi connectivity index (χ1v) is 14.0. The third kappa shape index (κ3) is 8.70. The van der Waals surface area contributed by atoms with Crippen LogP contribution in [0.3, 0.4) is 0 Å². The van der Waals surface area contributed by atoms with Crippen molar-refractivity contribution in [2.24, 2.45) is 5.73 Å². The highest BCUT2D eigenvalue weighted by molar-refractivity contribution is 6.00. The number of phenols is 1. The first-order chi connectivity index (χ1) is 19.8. The molecule has 0 heterocycles. The molecule has 3 rings (SSSR count). The van der Waals surface area contributed by atoms with Gasteiger partial charge in [0.2, 0.25) is 11.8 Å². The smallest absolute Gasteiger partial charge is 0.408 e. The van der Waals surface area contributed by atoms with E-state index in [0.29, 0.717) is 23.2 Å². The molecule has 3 aromatic carbocycles. The van der Waals surface area contributed by atoms with Crippen LogP contribution in [-0.4, -0.2) is 52.0 Å². The van der Waals surface area contributed by atoms with Crippen LogP contribution in [0.1, 0.15) is 64.1 Å². The summed E-state index contributed by atoms with van der Waals surface area (Å²) >= 11 is 0. The minimum absolute atomic E-state index is 0.0479. The lowest BCUT2D eigenvalue weighted by Crippen LogP contribution is -2.52. The molecule has 10 heteroatoms. The number of benzene rings is 3. The van der Waals surface area contributed by atoms with Crippen molar-refractivity contribution >= 4 is 40.3 Å². The minimum atomic E-state index is -1.19. The number of alkyl carbamates (subject to hydrolysis) is 1. The van der Waals surface area contributed by atoms with Gasteiger partial charge >= 0.3 is 6.09 Å². The molecule has 2 unspecified atom stereocenters. The Hall–Kier alpha value is -4.60. The van der Waals surface area contributed by atoms with Crippen molar-refractivity contribution in [1.29, 1.82) is 0 Å². The van der Waals surface area contributed by atoms with Crippen LogP contribution >= 0.6 is 0 Å². The van der Waals surface area contributed by atoms with E-state index in [2.05, 4.69) is 10.6 Å². The number of carbonyl (C=O) groups is 4. The SMILES string of the molecule is CCCN(C(=O)C(CCC(N)=O)NC(=O)OC(C)(C)C)C(C(=O)Nc1ccc2ccccc2c1)c1ccc(O)c(C)c1. The summed E-state index contributed by atoms with van der Waals surface area (Å²) in [5, 5.41) is 17.6. The van der Waals surface area contributed by atoms with Crippen molar-refractivity contribution in [1.82, 2.24) is 10.2 Å². The molecule has 4 amide bonds. The third-order valence-corrected chi connectivity index (χ3v) is 6.53. The van der Waals surface area contributed by atoms with E-state index in [1.54, 1.807) is 45.9 Å². The summed E-state index contributed by atoms with van der Waals surface area (Å²) in [5.41, 5.74) is 6.08. The molecule has 0 bridgehead atoms. The number of anilines is 1. The molecule has 0 saturated carbocycles. The van der Waals surface area contributed by atoms with Crippen molar-refractivity contribution < 1.29 is 29.0 Å². The van der Waals surface area contributed by atoms with E-state index in [1.165, 1.54) is 11.0 Å². The topological polar surface area (TPSA) is 151 Å². The van der Waals surface area contributed by atoms with Crippen molar-refractivity contribution in [2.75, 3.05) is 11.9 Å². The van der Waals surface area contributed by atoms with Gasteiger partial charge in [0.05, 0.1) is 0 Å². The molecule has 0 aromatic heterocycles. The molecule has 0 fully saturated rings. The standard InChI is InChI=1S/C32H40N4O6/c1-6-17-36(30(40)25(14-16-27(33)38)35-31(41)42-32(3,4)5)28(23-12-15-26(37)20(2)18-23)29(39)34-24-13-11-21-9-7-8-10-22(21)19-24/h7-13,15,18-19,25,28,37H,6,14,16-17H2,1-5H3,(H2,33,38)(H,34,39)(H,35,41). The maximum atomic E-state index is 14.1. The van der Waals surface area contributed by atoms with E-state index in [9.17, 15) is 24.3 Å². The normalized spacial score (nSPS) is 12.7. The number of nitrogens with zero attached hydrogens (tertiary/aromatic N) is 1. The molecular formula is C32H40N4O6. The fraction of sp³-hybridized carbons (Fsp3) is 0.375. The number of nitrogens with two attached hydrogens (primary N) is 1. The minimum Gasteiger partial charge on any atom is -0.508 e. The second kappa shape index (κ2) is 13.8. The van der Waals surface area contributed by atoms with E-state index in [1.807, 2.05) is 43.3 Å². The summed E-state index contributed by atoms with van der Waals surface area (Å²) in [7, 11) is 0. The summed E-state index contributed by atoms with van der Waals surface area (Å²) in [5.74, 6) is -1.65. The lowest BCUT2D eigenvalue weighted by molar-refractivity contribution is -0.141. The zero-order valence-corrected chi connectivity index (χ0v) is 24.8. The average molecular weight is 577 g/mol. The fourth-order valence-electron chi connectivity index (χ4n) is 4.60. The third-order valence-electron chi connectivity index (χ3n) is 6.53. The van der Waals surface area contributed by atoms with Gasteiger partial charge in [0.25, 0.3) is 5.91 Å². The van der Waals surface area contributed by atoms with Crippen molar-refractivity contribution in [3.63, 3.8) is 0 Å². The number of rotatable bonds is 11. The molecule has 0 spiro atoms. The largest absolute Gasteiger partial charge is 0.508 e. The second-order valence-corrected chi connectivity index (χ2v) is 11.2. The van der Waals surface area contributed by atoms with E-state index < -0.39 is 41.5 Å². The number of fused-ring (bicyclic) bond motifs is 1. The highest BCUT2D eigenvalue weighted by atomic mass is 16.6. The van der Waals surface area contributed by atoms with Crippen LogP contribution in [0, 0.1) is 6.92 Å². The molecule has 0 radical (unpaired) electrons. The van der Waals surface area contributed by atoms with Crippen LogP contribution in [0.2, 0.25) is 0 Å². The van der Waals surface area contributed by atoms with Crippen molar-refractivity contribution in [3.05, 3.63) is 71.8 Å². The fourth-order valence-corrected chi connectivity index (χ4v) is 4.60. The zero-order valence-electron chi connectivity index (χ0n) is 24.8. The number of phenolic OH excluding ortho intramolecular Hbond substituents is 1. The number of aryl methyl sites for hydroxylation is 1. The molecule has 224 valence electrons. The van der Waals surface area contributed by atoms with Crippen molar-refractivity contribution in [2.45, 2.75) is 71.6 Å². The quantitative estimate of drug-likeness (QED) is 0.254. The Kier molecular flexibility index (Phi) is 10.5. The first kappa shape index (κ1) is 31.9. The molecule has 0 aliphatic rings. The highest BCUT2D eigenvalue weighted by Crippen LogP contribution is 2.29. The van der Waals surface area contributed by atoms with Crippen LogP contribution in [0.15, 0.2) is 60.7 Å². The Morgan fingerprint density at radius 1 is 1.00 bits per heavy atom. The van der Waals surface area contributed by atoms with Crippen molar-refractivity contribution in [3.8, 4) is 5.75 Å². The summed E-state index contributed by atoms with van der Waals surface area (Å²) in [6, 6.07) is 15.6. The lowest BCUT2D eigenvalue weighted by atomic mass is 9.99. The number of primary amides is 1. The van der Waals surface area contributed by atoms with Gasteiger partial charge in [-0.15, -0.1) is 0 Å². The van der Waals surface area contributed by atoms with E-state index in [-0.39, 0.29) is 25.1 Å². The van der Waals surface area contributed by atoms with Gasteiger partial charge < -0.3 is 31.1 Å². The monoisotopic (exact) mass is 576 g/mol. The Labute approximate surface area is 246 Å². The lowest BCUT2D eigenvalue weighted by Gasteiger charge is -2.34. The highest BCUT2D eigenvalue weighted by Gasteiger charge is 2.36. The van der Waals surface area contributed by atoms with Crippen LogP contribution in [0.4, 0.5) is 10.5 Å². The maximum absolute atomic E-state index is 14.1. The van der Waals surface area contributed by atoms with E-state index in [4.69, 9.17) is 10.5 Å². The van der Waals surface area contributed by atoms with Gasteiger partial charge in [-0.3, -0.25) is 14.4 Å². The summed E-state index contributed by atoms with van der Waals surface area (Å²) in [6.07, 6.45) is -0.587. The average Bonchev–Trinajstić information content (AvgIpc) is 2.91. The Morgan fingerprint density at radius 2 is 1.69 bits per heavy atom. The number of aromatic hydroxyl groups is 1. The Balaban J connectivity index is 2.03. The number of ether oxygens (including phenoxy) is 1. The van der Waals surface area contributed by atoms with Crippen LogP contribution in [0.25, 0.3) is 10.8 Å². The summed E-state index contributed by atoms with van der Waals surface area (Å²) < 4.78 is 5.36. The zero-order chi connectivity index (χ0) is 31.0. The molecular weight excluding hydrogens is 536 g/mol. The number of amides is 4. The molecule has 0 aliphatic heterocycles. The van der Waals surface area contributed by atoms with Gasteiger partial charge in [-0.25, -0.2) is 4.79 Å². The van der Waals surface area contributed by atoms with Gasteiger partial charge in [0.1, 0.15) is 23.4 Å². The summed E-state index contributed by atoms with van der Waals surface area (Å²) in [4.78, 5) is 53.8. The number of nitrogens with one attached hydrogen (secondary N) is 2. The predicted octanol–water partition coefficient (Wildman–Crippen LogP) is 4.93. The van der Waals surface area contributed by atoms with Gasteiger partial charge in [0, 0.05) is 18.7 Å². The van der Waals surface area contributed by atoms with Gasteiger partial charge in [-0.2, -0.15) is 0 Å². The molecule has 2 atom stereocenters. The Bertz CT molecular complexity index is 1450. The van der Waals surface area contributed by atoms with E-state index >= 15 is 0 Å². The van der Waals surface area contributed by atoms with Crippen LogP contribution in [0.5, 0.6) is 5.75 Å². The van der Waals surface area contributed by atoms with Gasteiger partial charge in [0.15, 0.2) is 0 Å². The predicted molar refractivity (Wildman–Crippen MR) is 162 cm³/mol. The van der Waals surface area contributed by atoms with Gasteiger partial charge in [-0.1, -0.05) is 43.3 Å². The number of hydrogen-bond donors (Lipinski definition) is 4. The molecule has 5 N–H and O–H groups in total. The molecule has 42 heavy (non-hydrogen) atoms. The van der Waals surface area contributed by atoms with Gasteiger partial charge in [-0.05, 0) is 86.7 Å². The molecule has 0 aliphatic carbocycles. The first-order valence-electron chi connectivity index (χ1n) is 14.0. The van der Waals surface area contributed by atoms with E-state index in [0.717, 1.165) is 10.8 Å². The maximum Gasteiger partial charge on any atom is 0.408 e. The van der Waals surface area contributed by atoms with Crippen LogP contribution < -0.4 is 16.4 Å². The molecule has 10 nitrogen and oxygen atoms in total. The summed E-state index contributed by atoms with van der Waals surface area (Å²) in [6.45, 7) is 8.80. The molecule has 3 aromatic rings. The van der Waals surface area contributed by atoms with Crippen LogP contribution in [-0.2, 0) is 19.1 Å². The number of carbonyl (C=O) groups excluding carboxylic acids is 4. The molecule has 0 saturated heterocycles. The Morgan fingerprint density at radius 3 is 2.31 bits per heavy atom. The number of hydrogen-bond acceptors (Lipinski definition) is 6.